The van der Waals surface area contributed by atoms with Crippen molar-refractivity contribution >= 4 is 17.0 Å². The first kappa shape index (κ1) is 20.0. The molecule has 0 spiro atoms. The van der Waals surface area contributed by atoms with Crippen LogP contribution in [0.25, 0.3) is 11.0 Å². The van der Waals surface area contributed by atoms with Crippen LogP contribution < -0.4 is 15.7 Å². The number of aromatic nitrogens is 2. The summed E-state index contributed by atoms with van der Waals surface area (Å²) in [7, 11) is 3.43. The van der Waals surface area contributed by atoms with Gasteiger partial charge in [-0.15, -0.1) is 5.06 Å². The van der Waals surface area contributed by atoms with Crippen molar-refractivity contribution in [2.75, 3.05) is 33.3 Å². The van der Waals surface area contributed by atoms with Crippen molar-refractivity contribution in [1.29, 1.82) is 0 Å². The van der Waals surface area contributed by atoms with E-state index in [1.165, 1.54) is 0 Å². The number of fused-ring (bicyclic) bond motifs is 1. The van der Waals surface area contributed by atoms with Crippen molar-refractivity contribution in [1.82, 2.24) is 19.5 Å². The largest absolute Gasteiger partial charge is 0.497 e. The Balaban J connectivity index is 1.39. The lowest BCUT2D eigenvalue weighted by Gasteiger charge is -2.30. The molecule has 1 N–H and O–H groups in total. The Morgan fingerprint density at radius 3 is 2.55 bits per heavy atom. The maximum absolute atomic E-state index is 12.8. The van der Waals surface area contributed by atoms with Crippen LogP contribution in [0, 0.1) is 11.8 Å². The summed E-state index contributed by atoms with van der Waals surface area (Å²) >= 11 is 0. The number of rotatable bonds is 5. The molecule has 1 aromatic heterocycles. The Morgan fingerprint density at radius 1 is 1.14 bits per heavy atom. The number of carbonyl (C=O) groups excluding carboxylic acids is 1. The zero-order valence-electron chi connectivity index (χ0n) is 17.2. The highest BCUT2D eigenvalue weighted by Crippen LogP contribution is 2.31. The van der Waals surface area contributed by atoms with Crippen LogP contribution in [-0.2, 0) is 23.2 Å². The topological polar surface area (TPSA) is 77.7 Å². The molecule has 1 aromatic carbocycles. The molecular formula is C21H30N4O4. The minimum atomic E-state index is -0.0996. The summed E-state index contributed by atoms with van der Waals surface area (Å²) in [4.78, 5) is 30.8. The number of imidazole rings is 1. The normalized spacial score (nSPS) is 23.2. The van der Waals surface area contributed by atoms with Crippen LogP contribution in [0.4, 0.5) is 0 Å². The second-order valence-electron chi connectivity index (χ2n) is 8.11. The molecule has 0 unspecified atom stereocenters. The second kappa shape index (κ2) is 8.59. The average Bonchev–Trinajstić information content (AvgIpc) is 2.99. The Labute approximate surface area is 170 Å². The average molecular weight is 402 g/mol. The van der Waals surface area contributed by atoms with Crippen molar-refractivity contribution in [3.63, 3.8) is 0 Å². The van der Waals surface area contributed by atoms with Crippen LogP contribution in [0.1, 0.15) is 25.7 Å². The molecule has 4 rings (SSSR count). The van der Waals surface area contributed by atoms with E-state index in [-0.39, 0.29) is 17.6 Å². The first-order valence-corrected chi connectivity index (χ1v) is 10.5. The Kier molecular flexibility index (Phi) is 5.91. The first-order chi connectivity index (χ1) is 14.1. The van der Waals surface area contributed by atoms with E-state index >= 15 is 0 Å². The van der Waals surface area contributed by atoms with Crippen LogP contribution >= 0.6 is 0 Å². The quantitative estimate of drug-likeness (QED) is 0.817. The molecule has 0 atom stereocenters. The van der Waals surface area contributed by atoms with Gasteiger partial charge in [-0.1, -0.05) is 0 Å². The third kappa shape index (κ3) is 4.18. The van der Waals surface area contributed by atoms with E-state index in [2.05, 4.69) is 5.32 Å². The molecule has 29 heavy (non-hydrogen) atoms. The summed E-state index contributed by atoms with van der Waals surface area (Å²) in [6, 6.07) is 5.73. The number of benzene rings is 1. The zero-order valence-corrected chi connectivity index (χ0v) is 17.2. The molecule has 2 heterocycles. The van der Waals surface area contributed by atoms with Crippen LogP contribution in [-0.4, -0.2) is 53.5 Å². The third-order valence-corrected chi connectivity index (χ3v) is 6.27. The van der Waals surface area contributed by atoms with Gasteiger partial charge in [-0.25, -0.2) is 4.79 Å². The molecule has 2 aliphatic rings. The molecule has 1 saturated heterocycles. The smallest absolute Gasteiger partial charge is 0.328 e. The van der Waals surface area contributed by atoms with E-state index in [4.69, 9.17) is 9.57 Å². The molecule has 1 saturated carbocycles. The Hall–Kier alpha value is -2.32. The zero-order chi connectivity index (χ0) is 20.4. The van der Waals surface area contributed by atoms with E-state index in [9.17, 15) is 9.59 Å². The predicted octanol–water partition coefficient (Wildman–Crippen LogP) is 1.52. The minimum Gasteiger partial charge on any atom is -0.497 e. The van der Waals surface area contributed by atoms with E-state index < -0.39 is 0 Å². The molecule has 0 bridgehead atoms. The summed E-state index contributed by atoms with van der Waals surface area (Å²) in [5.41, 5.74) is 1.80. The van der Waals surface area contributed by atoms with Gasteiger partial charge in [0, 0.05) is 45.8 Å². The first-order valence-electron chi connectivity index (χ1n) is 10.5. The molecule has 158 valence electrons. The van der Waals surface area contributed by atoms with Crippen LogP contribution in [0.3, 0.4) is 0 Å². The lowest BCUT2D eigenvalue weighted by molar-refractivity contribution is -0.199. The van der Waals surface area contributed by atoms with Gasteiger partial charge in [-0.2, -0.15) is 0 Å². The van der Waals surface area contributed by atoms with Gasteiger partial charge in [0.1, 0.15) is 5.75 Å². The van der Waals surface area contributed by atoms with Gasteiger partial charge in [0.05, 0.1) is 24.1 Å². The Morgan fingerprint density at radius 2 is 1.86 bits per heavy atom. The molecule has 1 aliphatic heterocycles. The van der Waals surface area contributed by atoms with Crippen molar-refractivity contribution in [3.05, 3.63) is 28.7 Å². The number of hydroxylamine groups is 2. The van der Waals surface area contributed by atoms with Crippen molar-refractivity contribution in [2.24, 2.45) is 18.9 Å². The fraction of sp³-hybridized carbons (Fsp3) is 0.619. The number of hydrogen-bond acceptors (Lipinski definition) is 6. The number of aryl methyl sites for hydroxylation is 1. The third-order valence-electron chi connectivity index (χ3n) is 6.27. The van der Waals surface area contributed by atoms with Gasteiger partial charge in [0.2, 0.25) is 0 Å². The number of piperazine rings is 1. The van der Waals surface area contributed by atoms with E-state index in [1.807, 2.05) is 22.8 Å². The number of methoxy groups -OCH3 is 1. The second-order valence-corrected chi connectivity index (χ2v) is 8.11. The van der Waals surface area contributed by atoms with Crippen molar-refractivity contribution in [3.8, 4) is 5.75 Å². The van der Waals surface area contributed by atoms with Gasteiger partial charge >= 0.3 is 11.7 Å². The van der Waals surface area contributed by atoms with Crippen LogP contribution in [0.15, 0.2) is 23.0 Å². The maximum Gasteiger partial charge on any atom is 0.328 e. The molecule has 2 fully saturated rings. The molecule has 0 amide bonds. The highest BCUT2D eigenvalue weighted by molar-refractivity contribution is 5.77. The van der Waals surface area contributed by atoms with E-state index in [0.29, 0.717) is 12.5 Å². The number of ether oxygens (including phenoxy) is 1. The van der Waals surface area contributed by atoms with E-state index in [1.54, 1.807) is 23.8 Å². The van der Waals surface area contributed by atoms with Crippen molar-refractivity contribution < 1.29 is 14.4 Å². The molecule has 0 radical (unpaired) electrons. The highest BCUT2D eigenvalue weighted by Gasteiger charge is 2.30. The molecular weight excluding hydrogens is 372 g/mol. The Bertz CT molecular complexity index is 921. The summed E-state index contributed by atoms with van der Waals surface area (Å²) < 4.78 is 8.87. The highest BCUT2D eigenvalue weighted by atomic mass is 16.7. The summed E-state index contributed by atoms with van der Waals surface area (Å²) in [6.45, 7) is 3.86. The summed E-state index contributed by atoms with van der Waals surface area (Å²) in [5, 5.41) is 5.02. The molecule has 8 nitrogen and oxygen atoms in total. The van der Waals surface area contributed by atoms with E-state index in [0.717, 1.165) is 68.6 Å². The minimum absolute atomic E-state index is 0.00602. The number of nitrogens with one attached hydrogen (secondary N) is 1. The molecule has 2 aromatic rings. The van der Waals surface area contributed by atoms with Gasteiger partial charge in [0.15, 0.2) is 0 Å². The lowest BCUT2D eigenvalue weighted by atomic mass is 9.82. The maximum atomic E-state index is 12.8. The number of carbonyl (C=O) groups is 1. The molecule has 8 heteroatoms. The predicted molar refractivity (Wildman–Crippen MR) is 110 cm³/mol. The fourth-order valence-corrected chi connectivity index (χ4v) is 4.47. The van der Waals surface area contributed by atoms with Crippen molar-refractivity contribution in [2.45, 2.75) is 32.2 Å². The van der Waals surface area contributed by atoms with Gasteiger partial charge in [-0.3, -0.25) is 13.9 Å². The molecule has 1 aliphatic carbocycles. The summed E-state index contributed by atoms with van der Waals surface area (Å²) in [5.74, 6) is 0.992. The van der Waals surface area contributed by atoms with Gasteiger partial charge < -0.3 is 14.9 Å². The van der Waals surface area contributed by atoms with Gasteiger partial charge in [-0.05, 0) is 43.7 Å². The fourth-order valence-electron chi connectivity index (χ4n) is 4.47. The number of nitrogens with zero attached hydrogens (tertiary/aromatic N) is 3. The monoisotopic (exact) mass is 402 g/mol. The summed E-state index contributed by atoms with van der Waals surface area (Å²) in [6.07, 6.45) is 3.49. The standard InChI is InChI=1S/C21H30N4O4/c1-23-18-8-7-17(28-2)13-19(18)25(21(23)27)14-15-3-5-16(6-4-15)20(26)29-24-11-9-22-10-12-24/h7-8,13,15-16,22H,3-6,9-12,14H2,1-2H3. The van der Waals surface area contributed by atoms with Gasteiger partial charge in [0.25, 0.3) is 0 Å². The lowest BCUT2D eigenvalue weighted by Crippen LogP contribution is -2.45. The van der Waals surface area contributed by atoms with Crippen LogP contribution in [0.2, 0.25) is 0 Å². The number of hydrogen-bond donors (Lipinski definition) is 1. The van der Waals surface area contributed by atoms with Crippen LogP contribution in [0.5, 0.6) is 5.75 Å². The SMILES string of the molecule is COc1ccc2c(c1)n(CC1CCC(C(=O)ON3CCNCC3)CC1)c(=O)n2C.